The number of carboxylic acids is 1. The van der Waals surface area contributed by atoms with Crippen molar-refractivity contribution in [3.8, 4) is 0 Å². The summed E-state index contributed by atoms with van der Waals surface area (Å²) < 4.78 is 0. The molecule has 1 fully saturated rings. The van der Waals surface area contributed by atoms with Crippen molar-refractivity contribution in [2.24, 2.45) is 5.92 Å². The predicted octanol–water partition coefficient (Wildman–Crippen LogP) is -0.0606. The van der Waals surface area contributed by atoms with E-state index in [0.29, 0.717) is 19.5 Å². The summed E-state index contributed by atoms with van der Waals surface area (Å²) in [5, 5.41) is 8.57. The lowest BCUT2D eigenvalue weighted by Crippen LogP contribution is -2.27. The molecule has 1 heterocycles. The summed E-state index contributed by atoms with van der Waals surface area (Å²) >= 11 is 0. The highest BCUT2D eigenvalue weighted by Gasteiger charge is 2.28. The number of carbonyl (C=O) groups is 2. The van der Waals surface area contributed by atoms with Gasteiger partial charge in [0, 0.05) is 20.0 Å². The fraction of sp³-hybridized carbons (Fsp3) is 0.714. The predicted molar refractivity (Wildman–Crippen MR) is 38.0 cm³/mol. The zero-order valence-corrected chi connectivity index (χ0v) is 6.41. The molecule has 0 bridgehead atoms. The smallest absolute Gasteiger partial charge is 0.308 e. The van der Waals surface area contributed by atoms with Crippen LogP contribution in [-0.4, -0.2) is 35.0 Å². The largest absolute Gasteiger partial charge is 0.481 e. The molecule has 0 spiro atoms. The van der Waals surface area contributed by atoms with Crippen molar-refractivity contribution >= 4 is 11.9 Å². The summed E-state index contributed by atoms with van der Waals surface area (Å²) in [6, 6.07) is 0. The quantitative estimate of drug-likeness (QED) is 0.580. The molecule has 1 aliphatic rings. The molecule has 0 aromatic rings. The van der Waals surface area contributed by atoms with Crippen LogP contribution in [0.3, 0.4) is 0 Å². The number of hydrogen-bond donors (Lipinski definition) is 1. The number of carboxylic acid groups (broad SMARTS) is 1. The van der Waals surface area contributed by atoms with Crippen molar-refractivity contribution in [3.05, 3.63) is 0 Å². The monoisotopic (exact) mass is 157 g/mol. The molecule has 11 heavy (non-hydrogen) atoms. The third kappa shape index (κ3) is 1.69. The van der Waals surface area contributed by atoms with E-state index in [2.05, 4.69) is 0 Å². The molecule has 0 aliphatic carbocycles. The maximum absolute atomic E-state index is 10.7. The number of aliphatic carboxylic acids is 1. The molecule has 0 saturated carbocycles. The lowest BCUT2D eigenvalue weighted by Gasteiger charge is -2.11. The van der Waals surface area contributed by atoms with Crippen LogP contribution in [0.5, 0.6) is 0 Å². The Bertz CT molecular complexity index is 170. The van der Waals surface area contributed by atoms with Crippen LogP contribution in [0, 0.1) is 5.92 Å². The van der Waals surface area contributed by atoms with E-state index in [9.17, 15) is 9.59 Å². The topological polar surface area (TPSA) is 57.6 Å². The highest BCUT2D eigenvalue weighted by atomic mass is 16.4. The summed E-state index contributed by atoms with van der Waals surface area (Å²) in [6.07, 6.45) is 0.592. The lowest BCUT2D eigenvalue weighted by atomic mass is 10.1. The first-order valence-corrected chi connectivity index (χ1v) is 3.59. The molecular weight excluding hydrogens is 146 g/mol. The fourth-order valence-corrected chi connectivity index (χ4v) is 1.25. The molecule has 1 aliphatic heterocycles. The van der Waals surface area contributed by atoms with Crippen molar-refractivity contribution in [2.75, 3.05) is 13.1 Å². The lowest BCUT2D eigenvalue weighted by molar-refractivity contribution is -0.141. The van der Waals surface area contributed by atoms with Gasteiger partial charge < -0.3 is 10.0 Å². The summed E-state index contributed by atoms with van der Waals surface area (Å²) in [5.41, 5.74) is 0. The van der Waals surface area contributed by atoms with E-state index in [1.807, 2.05) is 0 Å². The van der Waals surface area contributed by atoms with Gasteiger partial charge in [-0.2, -0.15) is 0 Å². The highest BCUT2D eigenvalue weighted by molar-refractivity contribution is 5.76. The Labute approximate surface area is 64.8 Å². The highest BCUT2D eigenvalue weighted by Crippen LogP contribution is 2.15. The number of rotatable bonds is 1. The van der Waals surface area contributed by atoms with Crippen molar-refractivity contribution in [1.29, 1.82) is 0 Å². The van der Waals surface area contributed by atoms with Gasteiger partial charge in [-0.15, -0.1) is 0 Å². The molecule has 0 radical (unpaired) electrons. The molecule has 0 aromatic heterocycles. The fourth-order valence-electron chi connectivity index (χ4n) is 1.25. The van der Waals surface area contributed by atoms with Gasteiger partial charge in [0.25, 0.3) is 0 Å². The van der Waals surface area contributed by atoms with E-state index in [0.717, 1.165) is 0 Å². The Kier molecular flexibility index (Phi) is 2.12. The van der Waals surface area contributed by atoms with Crippen molar-refractivity contribution in [2.45, 2.75) is 13.3 Å². The molecule has 1 atom stereocenters. The molecule has 0 aromatic carbocycles. The zero-order valence-electron chi connectivity index (χ0n) is 6.41. The molecule has 4 heteroatoms. The van der Waals surface area contributed by atoms with Crippen LogP contribution in [0.15, 0.2) is 0 Å². The number of hydrogen-bond acceptors (Lipinski definition) is 2. The maximum Gasteiger partial charge on any atom is 0.308 e. The van der Waals surface area contributed by atoms with Gasteiger partial charge >= 0.3 is 5.97 Å². The third-order valence-electron chi connectivity index (χ3n) is 1.98. The summed E-state index contributed by atoms with van der Waals surface area (Å²) in [6.45, 7) is 2.43. The van der Waals surface area contributed by atoms with Gasteiger partial charge in [-0.05, 0) is 6.42 Å². The number of carbonyl (C=O) groups excluding carboxylic acids is 1. The van der Waals surface area contributed by atoms with E-state index >= 15 is 0 Å². The summed E-state index contributed by atoms with van der Waals surface area (Å²) in [4.78, 5) is 22.7. The van der Waals surface area contributed by atoms with E-state index in [4.69, 9.17) is 5.11 Å². The standard InChI is InChI=1S/C7H11NO3/c1-5(9)8-3-2-6(4-8)7(10)11/h6H,2-4H2,1H3,(H,10,11)/t6-/m1/s1. The Morgan fingerprint density at radius 3 is 2.45 bits per heavy atom. The molecule has 1 N–H and O–H groups in total. The average Bonchev–Trinajstić information content (AvgIpc) is 2.33. The van der Waals surface area contributed by atoms with Crippen molar-refractivity contribution < 1.29 is 14.7 Å². The van der Waals surface area contributed by atoms with Gasteiger partial charge in [0.1, 0.15) is 0 Å². The van der Waals surface area contributed by atoms with Gasteiger partial charge in [0.05, 0.1) is 5.92 Å². The number of likely N-dealkylation sites (tertiary alicyclic amines) is 1. The maximum atomic E-state index is 10.7. The SMILES string of the molecule is CC(=O)N1CC[C@@H](C(=O)O)C1. The van der Waals surface area contributed by atoms with E-state index in [1.165, 1.54) is 6.92 Å². The minimum atomic E-state index is -0.797. The minimum absolute atomic E-state index is 0.0336. The van der Waals surface area contributed by atoms with Crippen LogP contribution in [-0.2, 0) is 9.59 Å². The van der Waals surface area contributed by atoms with Crippen LogP contribution in [0.4, 0.5) is 0 Å². The van der Waals surface area contributed by atoms with Gasteiger partial charge in [0.2, 0.25) is 5.91 Å². The van der Waals surface area contributed by atoms with Crippen LogP contribution < -0.4 is 0 Å². The van der Waals surface area contributed by atoms with Crippen molar-refractivity contribution in [3.63, 3.8) is 0 Å². The molecule has 1 amide bonds. The van der Waals surface area contributed by atoms with Crippen LogP contribution in [0.1, 0.15) is 13.3 Å². The molecule has 1 saturated heterocycles. The van der Waals surface area contributed by atoms with Gasteiger partial charge in [-0.1, -0.05) is 0 Å². The van der Waals surface area contributed by atoms with E-state index in [1.54, 1.807) is 4.90 Å². The van der Waals surface area contributed by atoms with Crippen LogP contribution >= 0.6 is 0 Å². The van der Waals surface area contributed by atoms with Crippen molar-refractivity contribution in [1.82, 2.24) is 4.90 Å². The Morgan fingerprint density at radius 2 is 2.18 bits per heavy atom. The molecule has 62 valence electrons. The zero-order chi connectivity index (χ0) is 8.43. The molecule has 4 nitrogen and oxygen atoms in total. The second kappa shape index (κ2) is 2.90. The van der Waals surface area contributed by atoms with Crippen LogP contribution in [0.2, 0.25) is 0 Å². The Hall–Kier alpha value is -1.06. The van der Waals surface area contributed by atoms with Crippen LogP contribution in [0.25, 0.3) is 0 Å². The summed E-state index contributed by atoms with van der Waals surface area (Å²) in [5.74, 6) is -1.18. The average molecular weight is 157 g/mol. The number of nitrogens with zero attached hydrogens (tertiary/aromatic N) is 1. The second-order valence-electron chi connectivity index (χ2n) is 2.79. The molecule has 1 rings (SSSR count). The summed E-state index contributed by atoms with van der Waals surface area (Å²) in [7, 11) is 0. The Morgan fingerprint density at radius 1 is 1.55 bits per heavy atom. The minimum Gasteiger partial charge on any atom is -0.481 e. The Balaban J connectivity index is 2.47. The molecule has 0 unspecified atom stereocenters. The van der Waals surface area contributed by atoms with Gasteiger partial charge in [-0.25, -0.2) is 0 Å². The van der Waals surface area contributed by atoms with Gasteiger partial charge in [0.15, 0.2) is 0 Å². The normalized spacial score (nSPS) is 23.7. The first kappa shape index (κ1) is 8.04. The first-order valence-electron chi connectivity index (χ1n) is 3.59. The second-order valence-corrected chi connectivity index (χ2v) is 2.79. The van der Waals surface area contributed by atoms with Gasteiger partial charge in [-0.3, -0.25) is 9.59 Å². The first-order chi connectivity index (χ1) is 5.11. The molecular formula is C7H11NO3. The van der Waals surface area contributed by atoms with E-state index < -0.39 is 5.97 Å². The van der Waals surface area contributed by atoms with E-state index in [-0.39, 0.29) is 11.8 Å². The number of amides is 1. The third-order valence-corrected chi connectivity index (χ3v) is 1.98.